The normalized spacial score (nSPS) is 51.7. The lowest BCUT2D eigenvalue weighted by molar-refractivity contribution is 0.297. The predicted octanol–water partition coefficient (Wildman–Crippen LogP) is 2.85. The minimum Gasteiger partial charge on any atom is -0.103 e. The van der Waals surface area contributed by atoms with Crippen LogP contribution in [-0.4, -0.2) is 0 Å². The van der Waals surface area contributed by atoms with Crippen LogP contribution < -0.4 is 0 Å². The van der Waals surface area contributed by atoms with Gasteiger partial charge in [0.2, 0.25) is 0 Å². The Morgan fingerprint density at radius 2 is 2.10 bits per heavy atom. The molecule has 2 aliphatic rings. The van der Waals surface area contributed by atoms with E-state index in [1.807, 2.05) is 0 Å². The summed E-state index contributed by atoms with van der Waals surface area (Å²) < 4.78 is 0. The van der Waals surface area contributed by atoms with Crippen molar-refractivity contribution in [1.82, 2.24) is 0 Å². The zero-order chi connectivity index (χ0) is 7.14. The van der Waals surface area contributed by atoms with Crippen LogP contribution in [0.3, 0.4) is 0 Å². The summed E-state index contributed by atoms with van der Waals surface area (Å²) in [5, 5.41) is 0. The Bertz CT molecular complexity index is 148. The molecular weight excluding hydrogens is 120 g/mol. The number of hydrogen-bond acceptors (Lipinski definition) is 0. The van der Waals surface area contributed by atoms with E-state index in [1.54, 1.807) is 0 Å². The van der Waals surface area contributed by atoms with Crippen LogP contribution in [0.25, 0.3) is 0 Å². The molecule has 0 heteroatoms. The van der Waals surface area contributed by atoms with Crippen LogP contribution in [0.1, 0.15) is 26.2 Å². The summed E-state index contributed by atoms with van der Waals surface area (Å²) in [5.74, 6) is 3.92. The van der Waals surface area contributed by atoms with Gasteiger partial charge in [0.05, 0.1) is 0 Å². The molecule has 2 saturated carbocycles. The fourth-order valence-electron chi connectivity index (χ4n) is 3.03. The van der Waals surface area contributed by atoms with Crippen molar-refractivity contribution in [2.24, 2.45) is 23.7 Å². The van der Waals surface area contributed by atoms with Gasteiger partial charge >= 0.3 is 0 Å². The molecule has 0 saturated heterocycles. The maximum Gasteiger partial charge on any atom is -0.0203 e. The van der Waals surface area contributed by atoms with E-state index >= 15 is 0 Å². The van der Waals surface area contributed by atoms with Crippen LogP contribution in [0.5, 0.6) is 0 Å². The second-order valence-corrected chi connectivity index (χ2v) is 4.11. The molecule has 0 radical (unpaired) electrons. The van der Waals surface area contributed by atoms with E-state index in [-0.39, 0.29) is 0 Å². The first-order valence-electron chi connectivity index (χ1n) is 4.44. The molecule has 0 amide bonds. The smallest absolute Gasteiger partial charge is 0.0203 e. The molecule has 2 fully saturated rings. The molecule has 2 aliphatic carbocycles. The van der Waals surface area contributed by atoms with Gasteiger partial charge in [-0.3, -0.25) is 0 Å². The van der Waals surface area contributed by atoms with Crippen molar-refractivity contribution in [2.45, 2.75) is 26.2 Å². The van der Waals surface area contributed by atoms with Crippen molar-refractivity contribution < 1.29 is 0 Å². The van der Waals surface area contributed by atoms with Gasteiger partial charge in [-0.1, -0.05) is 13.0 Å². The van der Waals surface area contributed by atoms with Crippen LogP contribution in [0.15, 0.2) is 12.7 Å². The summed E-state index contributed by atoms with van der Waals surface area (Å²) in [4.78, 5) is 0. The zero-order valence-corrected chi connectivity index (χ0v) is 6.72. The maximum absolute atomic E-state index is 3.90. The Balaban J connectivity index is 2.12. The standard InChI is InChI=1S/C10H16/c1-3-9-5-8-4-7(2)10(9)6-8/h3,7-10H,1,4-6H2,2H3/t7-,8?,9?,10?/m0/s1. The van der Waals surface area contributed by atoms with Crippen LogP contribution >= 0.6 is 0 Å². The van der Waals surface area contributed by atoms with Gasteiger partial charge in [0.25, 0.3) is 0 Å². The molecule has 2 rings (SSSR count). The SMILES string of the molecule is C=CC1CC2CC1[C@@H](C)C2. The third-order valence-electron chi connectivity index (χ3n) is 3.50. The molecule has 4 atom stereocenters. The van der Waals surface area contributed by atoms with Gasteiger partial charge in [0.1, 0.15) is 0 Å². The van der Waals surface area contributed by atoms with E-state index in [0.29, 0.717) is 0 Å². The number of rotatable bonds is 1. The first-order valence-corrected chi connectivity index (χ1v) is 4.44. The van der Waals surface area contributed by atoms with Crippen LogP contribution in [0, 0.1) is 23.7 Å². The lowest BCUT2D eigenvalue weighted by Crippen LogP contribution is -2.15. The Labute approximate surface area is 63.3 Å². The van der Waals surface area contributed by atoms with Crippen molar-refractivity contribution in [3.8, 4) is 0 Å². The summed E-state index contributed by atoms with van der Waals surface area (Å²) in [5.41, 5.74) is 0. The Morgan fingerprint density at radius 1 is 1.30 bits per heavy atom. The lowest BCUT2D eigenvalue weighted by Gasteiger charge is -2.23. The zero-order valence-electron chi connectivity index (χ0n) is 6.72. The summed E-state index contributed by atoms with van der Waals surface area (Å²) in [6.45, 7) is 6.30. The molecule has 0 spiro atoms. The number of hydrogen-bond donors (Lipinski definition) is 0. The highest BCUT2D eigenvalue weighted by Gasteiger charge is 2.42. The molecule has 0 aromatic carbocycles. The second kappa shape index (κ2) is 2.11. The monoisotopic (exact) mass is 136 g/mol. The third-order valence-corrected chi connectivity index (χ3v) is 3.50. The van der Waals surface area contributed by atoms with Crippen molar-refractivity contribution >= 4 is 0 Å². The van der Waals surface area contributed by atoms with E-state index in [2.05, 4.69) is 19.6 Å². The van der Waals surface area contributed by atoms with E-state index in [9.17, 15) is 0 Å². The third kappa shape index (κ3) is 0.744. The molecule has 0 aromatic heterocycles. The van der Waals surface area contributed by atoms with Crippen LogP contribution in [-0.2, 0) is 0 Å². The van der Waals surface area contributed by atoms with E-state index < -0.39 is 0 Å². The summed E-state index contributed by atoms with van der Waals surface area (Å²) in [7, 11) is 0. The Kier molecular flexibility index (Phi) is 1.36. The van der Waals surface area contributed by atoms with Gasteiger partial charge < -0.3 is 0 Å². The highest BCUT2D eigenvalue weighted by atomic mass is 14.5. The minimum atomic E-state index is 0.869. The van der Waals surface area contributed by atoms with Crippen molar-refractivity contribution in [3.63, 3.8) is 0 Å². The number of allylic oxidation sites excluding steroid dienone is 1. The van der Waals surface area contributed by atoms with Gasteiger partial charge in [0.15, 0.2) is 0 Å². The number of fused-ring (bicyclic) bond motifs is 2. The maximum atomic E-state index is 3.90. The molecule has 3 unspecified atom stereocenters. The van der Waals surface area contributed by atoms with Gasteiger partial charge in [-0.05, 0) is 42.9 Å². The predicted molar refractivity (Wildman–Crippen MR) is 43.7 cm³/mol. The van der Waals surface area contributed by atoms with Crippen LogP contribution in [0.4, 0.5) is 0 Å². The fourth-order valence-corrected chi connectivity index (χ4v) is 3.03. The van der Waals surface area contributed by atoms with Crippen molar-refractivity contribution in [2.75, 3.05) is 0 Å². The Hall–Kier alpha value is -0.260. The molecular formula is C10H16. The van der Waals surface area contributed by atoms with Gasteiger partial charge in [-0.15, -0.1) is 6.58 Å². The first kappa shape index (κ1) is 6.45. The molecule has 10 heavy (non-hydrogen) atoms. The van der Waals surface area contributed by atoms with Gasteiger partial charge in [0, 0.05) is 0 Å². The quantitative estimate of drug-likeness (QED) is 0.486. The summed E-state index contributed by atoms with van der Waals surface area (Å²) in [6.07, 6.45) is 6.62. The van der Waals surface area contributed by atoms with Crippen LogP contribution in [0.2, 0.25) is 0 Å². The average Bonchev–Trinajstić information content (AvgIpc) is 2.44. The van der Waals surface area contributed by atoms with Crippen molar-refractivity contribution in [3.05, 3.63) is 12.7 Å². The first-order chi connectivity index (χ1) is 4.81. The van der Waals surface area contributed by atoms with E-state index in [4.69, 9.17) is 0 Å². The van der Waals surface area contributed by atoms with Gasteiger partial charge in [-0.25, -0.2) is 0 Å². The molecule has 0 N–H and O–H groups in total. The van der Waals surface area contributed by atoms with E-state index in [0.717, 1.165) is 23.7 Å². The van der Waals surface area contributed by atoms with Crippen molar-refractivity contribution in [1.29, 1.82) is 0 Å². The van der Waals surface area contributed by atoms with E-state index in [1.165, 1.54) is 19.3 Å². The topological polar surface area (TPSA) is 0 Å². The highest BCUT2D eigenvalue weighted by Crippen LogP contribution is 2.51. The average molecular weight is 136 g/mol. The molecule has 2 bridgehead atoms. The molecule has 0 nitrogen and oxygen atoms in total. The summed E-state index contributed by atoms with van der Waals surface area (Å²) in [6, 6.07) is 0. The largest absolute Gasteiger partial charge is 0.103 e. The lowest BCUT2D eigenvalue weighted by atomic mass is 9.82. The summed E-state index contributed by atoms with van der Waals surface area (Å²) >= 11 is 0. The molecule has 56 valence electrons. The molecule has 0 aromatic rings. The second-order valence-electron chi connectivity index (χ2n) is 4.11. The van der Waals surface area contributed by atoms with Gasteiger partial charge in [-0.2, -0.15) is 0 Å². The highest BCUT2D eigenvalue weighted by molar-refractivity contribution is 4.99. The Morgan fingerprint density at radius 3 is 2.50 bits per heavy atom. The fraction of sp³-hybridized carbons (Fsp3) is 0.800. The molecule has 0 heterocycles. The minimum absolute atomic E-state index is 0.869. The molecule has 0 aliphatic heterocycles.